The normalized spacial score (nSPS) is 50.4. The lowest BCUT2D eigenvalue weighted by molar-refractivity contribution is -0.248. The molecule has 0 saturated heterocycles. The molecule has 0 unspecified atom stereocenters. The molecule has 4 nitrogen and oxygen atoms in total. The predicted molar refractivity (Wildman–Crippen MR) is 151 cm³/mol. The number of aliphatic hydroxyl groups excluding tert-OH is 2. The summed E-state index contributed by atoms with van der Waals surface area (Å²) in [4.78, 5) is 13.0. The van der Waals surface area contributed by atoms with E-state index in [0.717, 1.165) is 50.7 Å². The van der Waals surface area contributed by atoms with Crippen LogP contribution in [0.3, 0.4) is 0 Å². The van der Waals surface area contributed by atoms with E-state index in [1.807, 2.05) is 0 Å². The maximum atomic E-state index is 13.0. The van der Waals surface area contributed by atoms with Crippen LogP contribution in [0.4, 0.5) is 0 Å². The van der Waals surface area contributed by atoms with Crippen LogP contribution in [0, 0.1) is 56.7 Å². The van der Waals surface area contributed by atoms with Crippen molar-refractivity contribution in [3.63, 3.8) is 0 Å². The van der Waals surface area contributed by atoms with Crippen LogP contribution >= 0.6 is 11.8 Å². The molecule has 0 radical (unpaired) electrons. The summed E-state index contributed by atoms with van der Waals surface area (Å²) in [6.07, 6.45) is 10.1. The summed E-state index contributed by atoms with van der Waals surface area (Å²) >= 11 is 1.74. The molecule has 0 spiro atoms. The minimum Gasteiger partial charge on any atom is -0.481 e. The van der Waals surface area contributed by atoms with Crippen LogP contribution in [0.5, 0.6) is 0 Å². The number of carbonyl (C=O) groups is 1. The van der Waals surface area contributed by atoms with Crippen molar-refractivity contribution >= 4 is 17.7 Å². The highest BCUT2D eigenvalue weighted by Crippen LogP contribution is 2.77. The van der Waals surface area contributed by atoms with E-state index < -0.39 is 11.4 Å². The van der Waals surface area contributed by atoms with Crippen molar-refractivity contribution in [2.75, 3.05) is 18.1 Å². The molecule has 0 heterocycles. The number of hydrogen-bond acceptors (Lipinski definition) is 4. The quantitative estimate of drug-likeness (QED) is 0.259. The van der Waals surface area contributed by atoms with E-state index >= 15 is 0 Å². The van der Waals surface area contributed by atoms with Gasteiger partial charge in [0.2, 0.25) is 0 Å². The van der Waals surface area contributed by atoms with Gasteiger partial charge >= 0.3 is 5.97 Å². The van der Waals surface area contributed by atoms with E-state index in [4.69, 9.17) is 0 Å². The van der Waals surface area contributed by atoms with Crippen molar-refractivity contribution in [2.45, 2.75) is 105 Å². The molecule has 5 saturated carbocycles. The third kappa shape index (κ3) is 3.71. The van der Waals surface area contributed by atoms with Crippen LogP contribution in [0.1, 0.15) is 98.8 Å². The maximum absolute atomic E-state index is 13.0. The molecular formula is C32H52O4S. The summed E-state index contributed by atoms with van der Waals surface area (Å²) in [5, 5.41) is 30.9. The van der Waals surface area contributed by atoms with Crippen LogP contribution in [0.2, 0.25) is 0 Å². The van der Waals surface area contributed by atoms with Crippen molar-refractivity contribution < 1.29 is 20.1 Å². The number of fused-ring (bicyclic) bond motifs is 7. The Morgan fingerprint density at radius 2 is 1.62 bits per heavy atom. The van der Waals surface area contributed by atoms with Crippen LogP contribution in [-0.4, -0.2) is 45.5 Å². The molecule has 0 aromatic rings. The number of aliphatic carboxylic acids is 1. The lowest BCUT2D eigenvalue weighted by Crippen LogP contribution is -2.67. The standard InChI is InChI=1S/C32H52O4S/c1-20(19-37-18-17-33)21-9-14-32(27(35)36)16-15-30(5)22(26(21)32)7-8-24-29(4)12-11-25(34)28(2,3)23(29)10-13-31(24,30)6/h21-26,33-34H,1,7-19H2,2-6H3,(H,35,36)/t21-,22+,23-,24+,25-,26+,29-,30+,31+,32-/m0/s1. The molecule has 5 aliphatic rings. The van der Waals surface area contributed by atoms with E-state index in [1.165, 1.54) is 24.8 Å². The average Bonchev–Trinajstić information content (AvgIpc) is 3.23. The SMILES string of the molecule is C=C(CSCCO)[C@@H]1CC[C@]2(C(=O)O)CC[C@]3(C)[C@H](CC[C@@H]4[C@@]5(C)CC[C@H](O)C(C)(C)[C@@H]5CC[C@]43C)[C@@H]12. The number of thioether (sulfide) groups is 1. The van der Waals surface area contributed by atoms with Gasteiger partial charge in [0.15, 0.2) is 0 Å². The molecule has 210 valence electrons. The third-order valence-corrected chi connectivity index (χ3v) is 14.9. The molecule has 5 aliphatic carbocycles. The number of rotatable bonds is 6. The largest absolute Gasteiger partial charge is 0.481 e. The van der Waals surface area contributed by atoms with Gasteiger partial charge in [-0.25, -0.2) is 0 Å². The van der Waals surface area contributed by atoms with Gasteiger partial charge < -0.3 is 15.3 Å². The van der Waals surface area contributed by atoms with Crippen LogP contribution in [-0.2, 0) is 4.79 Å². The molecule has 0 aromatic carbocycles. The van der Waals surface area contributed by atoms with Gasteiger partial charge in [0.1, 0.15) is 0 Å². The number of hydrogen-bond donors (Lipinski definition) is 3. The lowest BCUT2D eigenvalue weighted by atomic mass is 9.32. The summed E-state index contributed by atoms with van der Waals surface area (Å²) < 4.78 is 0. The Kier molecular flexibility index (Phi) is 7.02. The molecule has 37 heavy (non-hydrogen) atoms. The molecular weight excluding hydrogens is 480 g/mol. The van der Waals surface area contributed by atoms with E-state index in [1.54, 1.807) is 11.8 Å². The van der Waals surface area contributed by atoms with E-state index in [0.29, 0.717) is 23.5 Å². The molecule has 5 rings (SSSR count). The monoisotopic (exact) mass is 532 g/mol. The molecule has 10 atom stereocenters. The first-order valence-corrected chi connectivity index (χ1v) is 16.2. The second-order valence-corrected chi connectivity index (χ2v) is 16.2. The Hall–Kier alpha value is -0.520. The van der Waals surface area contributed by atoms with E-state index in [9.17, 15) is 20.1 Å². The molecule has 5 fully saturated rings. The molecule has 5 heteroatoms. The zero-order valence-electron chi connectivity index (χ0n) is 24.0. The highest BCUT2D eigenvalue weighted by atomic mass is 32.2. The van der Waals surface area contributed by atoms with E-state index in [2.05, 4.69) is 41.2 Å². The highest BCUT2D eigenvalue weighted by Gasteiger charge is 2.72. The van der Waals surface area contributed by atoms with Crippen LogP contribution in [0.15, 0.2) is 12.2 Å². The maximum Gasteiger partial charge on any atom is 0.309 e. The van der Waals surface area contributed by atoms with Gasteiger partial charge in [-0.15, -0.1) is 0 Å². The van der Waals surface area contributed by atoms with Gasteiger partial charge in [0, 0.05) is 11.5 Å². The van der Waals surface area contributed by atoms with Crippen molar-refractivity contribution in [1.82, 2.24) is 0 Å². The van der Waals surface area contributed by atoms with Crippen molar-refractivity contribution in [1.29, 1.82) is 0 Å². The van der Waals surface area contributed by atoms with Crippen molar-refractivity contribution in [3.8, 4) is 0 Å². The first-order valence-electron chi connectivity index (χ1n) is 15.1. The molecule has 0 aliphatic heterocycles. The zero-order chi connectivity index (χ0) is 27.0. The second-order valence-electron chi connectivity index (χ2n) is 15.1. The summed E-state index contributed by atoms with van der Waals surface area (Å²) in [5.74, 6) is 3.04. The topological polar surface area (TPSA) is 77.8 Å². The fourth-order valence-electron chi connectivity index (χ4n) is 11.8. The van der Waals surface area contributed by atoms with Gasteiger partial charge in [-0.3, -0.25) is 4.79 Å². The smallest absolute Gasteiger partial charge is 0.309 e. The van der Waals surface area contributed by atoms with Gasteiger partial charge in [0.05, 0.1) is 18.1 Å². The molecule has 0 bridgehead atoms. The van der Waals surface area contributed by atoms with Gasteiger partial charge in [-0.2, -0.15) is 11.8 Å². The lowest BCUT2D eigenvalue weighted by Gasteiger charge is -2.72. The number of carboxylic acid groups (broad SMARTS) is 1. The highest BCUT2D eigenvalue weighted by molar-refractivity contribution is 7.99. The third-order valence-electron chi connectivity index (χ3n) is 13.9. The number of aliphatic hydroxyl groups is 2. The fraction of sp³-hybridized carbons (Fsp3) is 0.906. The first-order chi connectivity index (χ1) is 17.3. The minimum absolute atomic E-state index is 0.0440. The van der Waals surface area contributed by atoms with Gasteiger partial charge in [-0.05, 0) is 115 Å². The zero-order valence-corrected chi connectivity index (χ0v) is 24.8. The molecule has 0 aromatic heterocycles. The van der Waals surface area contributed by atoms with Crippen LogP contribution in [0.25, 0.3) is 0 Å². The number of carboxylic acids is 1. The summed E-state index contributed by atoms with van der Waals surface area (Å²) in [6, 6.07) is 0. The Balaban J connectivity index is 1.51. The van der Waals surface area contributed by atoms with E-state index in [-0.39, 0.29) is 46.2 Å². The average molecular weight is 533 g/mol. The Labute approximate surface area is 229 Å². The Morgan fingerprint density at radius 1 is 0.892 bits per heavy atom. The Morgan fingerprint density at radius 3 is 2.30 bits per heavy atom. The minimum atomic E-state index is -0.597. The summed E-state index contributed by atoms with van der Waals surface area (Å²) in [6.45, 7) is 17.0. The summed E-state index contributed by atoms with van der Waals surface area (Å²) in [5.41, 5.74) is 1.14. The predicted octanol–water partition coefficient (Wildman–Crippen LogP) is 6.80. The van der Waals surface area contributed by atoms with Crippen molar-refractivity contribution in [2.24, 2.45) is 56.7 Å². The Bertz CT molecular complexity index is 932. The van der Waals surface area contributed by atoms with Gasteiger partial charge in [-0.1, -0.05) is 46.8 Å². The van der Waals surface area contributed by atoms with Crippen molar-refractivity contribution in [3.05, 3.63) is 12.2 Å². The molecule has 3 N–H and O–H groups in total. The summed E-state index contributed by atoms with van der Waals surface area (Å²) in [7, 11) is 0. The van der Waals surface area contributed by atoms with Gasteiger partial charge in [0.25, 0.3) is 0 Å². The first kappa shape index (κ1) is 28.0. The second kappa shape index (κ2) is 9.26. The fourth-order valence-corrected chi connectivity index (χ4v) is 12.5. The van der Waals surface area contributed by atoms with Crippen LogP contribution < -0.4 is 0 Å². The molecule has 0 amide bonds.